The van der Waals surface area contributed by atoms with Crippen LogP contribution in [0.1, 0.15) is 29.2 Å². The third kappa shape index (κ3) is 2.76. The zero-order valence-electron chi connectivity index (χ0n) is 14.5. The first-order valence-electron chi connectivity index (χ1n) is 8.52. The molecule has 1 amide bonds. The topological polar surface area (TPSA) is 56.1 Å². The van der Waals surface area contributed by atoms with Gasteiger partial charge in [-0.05, 0) is 42.2 Å². The van der Waals surface area contributed by atoms with Crippen molar-refractivity contribution in [1.82, 2.24) is 15.1 Å². The number of aryl methyl sites for hydroxylation is 2. The van der Waals surface area contributed by atoms with E-state index in [2.05, 4.69) is 16.5 Å². The van der Waals surface area contributed by atoms with Gasteiger partial charge in [-0.25, -0.2) is 0 Å². The van der Waals surface area contributed by atoms with Crippen molar-refractivity contribution in [3.8, 4) is 5.75 Å². The molecule has 0 radical (unpaired) electrons. The summed E-state index contributed by atoms with van der Waals surface area (Å²) in [5, 5.41) is 8.69. The number of nitrogens with zero attached hydrogens (tertiary/aromatic N) is 2. The number of amides is 1. The fourth-order valence-corrected chi connectivity index (χ4v) is 3.69. The maximum absolute atomic E-state index is 12.7. The van der Waals surface area contributed by atoms with Crippen LogP contribution in [-0.2, 0) is 24.8 Å². The summed E-state index contributed by atoms with van der Waals surface area (Å²) in [4.78, 5) is 12.7. The van der Waals surface area contributed by atoms with Crippen molar-refractivity contribution < 1.29 is 9.53 Å². The predicted molar refractivity (Wildman–Crippen MR) is 96.6 cm³/mol. The first-order chi connectivity index (χ1) is 12.2. The van der Waals surface area contributed by atoms with Gasteiger partial charge in [0, 0.05) is 12.4 Å². The van der Waals surface area contributed by atoms with Gasteiger partial charge < -0.3 is 10.1 Å². The van der Waals surface area contributed by atoms with Crippen LogP contribution in [0.4, 0.5) is 0 Å². The number of fused-ring (bicyclic) bond motifs is 2. The number of methoxy groups -OCH3 is 1. The molecule has 128 valence electrons. The first kappa shape index (κ1) is 15.7. The molecule has 3 aromatic rings. The van der Waals surface area contributed by atoms with Crippen molar-refractivity contribution in [1.29, 1.82) is 0 Å². The second kappa shape index (κ2) is 6.24. The lowest BCUT2D eigenvalue weighted by Crippen LogP contribution is -2.28. The summed E-state index contributed by atoms with van der Waals surface area (Å²) in [6.07, 6.45) is 1.78. The molecule has 1 N–H and O–H groups in total. The lowest BCUT2D eigenvalue weighted by Gasteiger charge is -2.12. The molecule has 4 rings (SSSR count). The Morgan fingerprint density at radius 1 is 1.32 bits per heavy atom. The Morgan fingerprint density at radius 2 is 2.16 bits per heavy atom. The van der Waals surface area contributed by atoms with E-state index in [-0.39, 0.29) is 11.8 Å². The Bertz CT molecular complexity index is 945. The minimum absolute atomic E-state index is 0.0572. The molecule has 0 saturated heterocycles. The van der Waals surface area contributed by atoms with Crippen molar-refractivity contribution in [2.75, 3.05) is 7.11 Å². The van der Waals surface area contributed by atoms with Crippen LogP contribution in [0.2, 0.25) is 0 Å². The monoisotopic (exact) mass is 335 g/mol. The Labute approximate surface area is 146 Å². The highest BCUT2D eigenvalue weighted by atomic mass is 16.5. The highest BCUT2D eigenvalue weighted by Gasteiger charge is 2.29. The summed E-state index contributed by atoms with van der Waals surface area (Å²) in [6, 6.07) is 14.1. The van der Waals surface area contributed by atoms with E-state index in [1.54, 1.807) is 7.11 Å². The molecule has 0 bridgehead atoms. The van der Waals surface area contributed by atoms with Crippen molar-refractivity contribution in [2.45, 2.75) is 25.3 Å². The van der Waals surface area contributed by atoms with Gasteiger partial charge in [-0.1, -0.05) is 24.3 Å². The summed E-state index contributed by atoms with van der Waals surface area (Å²) in [7, 11) is 3.57. The Morgan fingerprint density at radius 3 is 3.00 bits per heavy atom. The predicted octanol–water partition coefficient (Wildman–Crippen LogP) is 2.93. The number of benzene rings is 2. The van der Waals surface area contributed by atoms with Gasteiger partial charge in [-0.15, -0.1) is 0 Å². The highest BCUT2D eigenvalue weighted by molar-refractivity contribution is 5.86. The molecule has 0 spiro atoms. The average molecular weight is 335 g/mol. The van der Waals surface area contributed by atoms with Crippen LogP contribution in [0.25, 0.3) is 10.9 Å². The molecule has 1 aromatic heterocycles. The Hall–Kier alpha value is -2.82. The maximum atomic E-state index is 12.7. The minimum Gasteiger partial charge on any atom is -0.497 e. The molecule has 1 aliphatic rings. The van der Waals surface area contributed by atoms with Gasteiger partial charge in [0.05, 0.1) is 30.8 Å². The van der Waals surface area contributed by atoms with E-state index in [0.717, 1.165) is 40.8 Å². The molecular formula is C20H21N3O2. The van der Waals surface area contributed by atoms with Crippen molar-refractivity contribution >= 4 is 16.8 Å². The molecule has 1 heterocycles. The van der Waals surface area contributed by atoms with Crippen molar-refractivity contribution in [2.24, 2.45) is 7.05 Å². The maximum Gasteiger partial charge on any atom is 0.227 e. The largest absolute Gasteiger partial charge is 0.497 e. The molecule has 0 aliphatic heterocycles. The van der Waals surface area contributed by atoms with Crippen molar-refractivity contribution in [3.63, 3.8) is 0 Å². The number of para-hydroxylation sites is 1. The summed E-state index contributed by atoms with van der Waals surface area (Å²) in [5.41, 5.74) is 4.30. The van der Waals surface area contributed by atoms with Gasteiger partial charge >= 0.3 is 0 Å². The van der Waals surface area contributed by atoms with Crippen LogP contribution < -0.4 is 10.1 Å². The third-order valence-electron chi connectivity index (χ3n) is 5.01. The summed E-state index contributed by atoms with van der Waals surface area (Å²) in [6.45, 7) is 0.440. The minimum atomic E-state index is -0.111. The molecule has 0 saturated carbocycles. The lowest BCUT2D eigenvalue weighted by atomic mass is 10.00. The van der Waals surface area contributed by atoms with Gasteiger partial charge in [0.2, 0.25) is 5.91 Å². The van der Waals surface area contributed by atoms with E-state index in [4.69, 9.17) is 4.74 Å². The Balaban J connectivity index is 1.52. The number of ether oxygens (including phenoxy) is 1. The second-order valence-electron chi connectivity index (χ2n) is 6.46. The van der Waals surface area contributed by atoms with Gasteiger partial charge in [-0.2, -0.15) is 5.10 Å². The molecule has 5 heteroatoms. The van der Waals surface area contributed by atoms with E-state index in [9.17, 15) is 4.79 Å². The average Bonchev–Trinajstić information content (AvgIpc) is 3.21. The molecule has 25 heavy (non-hydrogen) atoms. The molecular weight excluding hydrogens is 314 g/mol. The number of hydrogen-bond donors (Lipinski definition) is 1. The number of rotatable bonds is 4. The number of hydrogen-bond acceptors (Lipinski definition) is 3. The molecule has 5 nitrogen and oxygen atoms in total. The Kier molecular flexibility index (Phi) is 3.92. The first-order valence-corrected chi connectivity index (χ1v) is 8.52. The summed E-state index contributed by atoms with van der Waals surface area (Å²) >= 11 is 0. The van der Waals surface area contributed by atoms with E-state index in [1.807, 2.05) is 48.1 Å². The number of carbonyl (C=O) groups is 1. The lowest BCUT2D eigenvalue weighted by molar-refractivity contribution is -0.122. The molecule has 1 atom stereocenters. The normalized spacial score (nSPS) is 16.0. The zero-order chi connectivity index (χ0) is 17.4. The molecule has 0 fully saturated rings. The van der Waals surface area contributed by atoms with E-state index >= 15 is 0 Å². The van der Waals surface area contributed by atoms with Crippen LogP contribution in [0.3, 0.4) is 0 Å². The summed E-state index contributed by atoms with van der Waals surface area (Å²) < 4.78 is 7.16. The van der Waals surface area contributed by atoms with E-state index in [0.29, 0.717) is 6.54 Å². The van der Waals surface area contributed by atoms with Crippen LogP contribution in [0.15, 0.2) is 42.5 Å². The van der Waals surface area contributed by atoms with Gasteiger partial charge in [0.15, 0.2) is 0 Å². The van der Waals surface area contributed by atoms with Crippen LogP contribution in [0.5, 0.6) is 5.75 Å². The quantitative estimate of drug-likeness (QED) is 0.797. The molecule has 1 unspecified atom stereocenters. The van der Waals surface area contributed by atoms with Crippen LogP contribution in [0, 0.1) is 0 Å². The third-order valence-corrected chi connectivity index (χ3v) is 5.01. The fraction of sp³-hybridized carbons (Fsp3) is 0.300. The van der Waals surface area contributed by atoms with Crippen LogP contribution >= 0.6 is 0 Å². The van der Waals surface area contributed by atoms with Gasteiger partial charge in [-0.3, -0.25) is 9.48 Å². The molecule has 1 aliphatic carbocycles. The SMILES string of the molecule is COc1ccc2c(c1)C(C(=O)NCc1nn(C)c3ccccc13)CC2. The van der Waals surface area contributed by atoms with Crippen molar-refractivity contribution in [3.05, 3.63) is 59.3 Å². The van der Waals surface area contributed by atoms with Crippen LogP contribution in [-0.4, -0.2) is 22.8 Å². The smallest absolute Gasteiger partial charge is 0.227 e. The van der Waals surface area contributed by atoms with Gasteiger partial charge in [0.1, 0.15) is 5.75 Å². The van der Waals surface area contributed by atoms with Gasteiger partial charge in [0.25, 0.3) is 0 Å². The molecule has 2 aromatic carbocycles. The number of carbonyl (C=O) groups excluding carboxylic acids is 1. The summed E-state index contributed by atoms with van der Waals surface area (Å²) in [5.74, 6) is 0.746. The van der Waals surface area contributed by atoms with E-state index < -0.39 is 0 Å². The number of nitrogens with one attached hydrogen (secondary N) is 1. The van der Waals surface area contributed by atoms with E-state index in [1.165, 1.54) is 5.56 Å². The zero-order valence-corrected chi connectivity index (χ0v) is 14.5. The number of aromatic nitrogens is 2. The standard InChI is InChI=1S/C20H21N3O2/c1-23-19-6-4-3-5-16(19)18(22-23)12-21-20(24)15-10-8-13-7-9-14(25-2)11-17(13)15/h3-7,9,11,15H,8,10,12H2,1-2H3,(H,21,24). The second-order valence-corrected chi connectivity index (χ2v) is 6.46. The fourth-order valence-electron chi connectivity index (χ4n) is 3.69. The highest BCUT2D eigenvalue weighted by Crippen LogP contribution is 2.35.